The van der Waals surface area contributed by atoms with Gasteiger partial charge in [0.05, 0.1) is 13.0 Å². The minimum atomic E-state index is -0.159. The third-order valence-electron chi connectivity index (χ3n) is 3.70. The van der Waals surface area contributed by atoms with E-state index in [4.69, 9.17) is 21.1 Å². The summed E-state index contributed by atoms with van der Waals surface area (Å²) in [7, 11) is 0. The molecule has 3 aromatic rings. The summed E-state index contributed by atoms with van der Waals surface area (Å²) < 4.78 is 11.2. The molecule has 0 spiro atoms. The van der Waals surface area contributed by atoms with Gasteiger partial charge in [-0.25, -0.2) is 9.97 Å². The number of carbonyl (C=O) groups is 1. The van der Waals surface area contributed by atoms with Crippen LogP contribution in [0.25, 0.3) is 0 Å². The molecule has 1 N–H and O–H groups in total. The third kappa shape index (κ3) is 5.96. The second-order valence-electron chi connectivity index (χ2n) is 6.16. The van der Waals surface area contributed by atoms with Crippen molar-refractivity contribution in [2.45, 2.75) is 20.3 Å². The number of hydrogen-bond donors (Lipinski definition) is 1. The molecule has 0 aliphatic heterocycles. The van der Waals surface area contributed by atoms with Crippen LogP contribution in [0.4, 0.5) is 5.69 Å². The number of anilines is 1. The summed E-state index contributed by atoms with van der Waals surface area (Å²) in [4.78, 5) is 20.6. The van der Waals surface area contributed by atoms with Crippen LogP contribution in [0.5, 0.6) is 17.5 Å². The van der Waals surface area contributed by atoms with Crippen LogP contribution < -0.4 is 14.8 Å². The van der Waals surface area contributed by atoms with E-state index < -0.39 is 0 Å². The molecule has 0 bridgehead atoms. The van der Waals surface area contributed by atoms with Gasteiger partial charge < -0.3 is 14.8 Å². The number of aryl methyl sites for hydroxylation is 2. The quantitative estimate of drug-likeness (QED) is 0.610. The van der Waals surface area contributed by atoms with Gasteiger partial charge in [0.1, 0.15) is 11.5 Å². The number of halogens is 1. The Morgan fingerprint density at radius 1 is 1.00 bits per heavy atom. The molecule has 0 saturated carbocycles. The van der Waals surface area contributed by atoms with Crippen molar-refractivity contribution in [3.8, 4) is 17.5 Å². The van der Waals surface area contributed by atoms with Crippen LogP contribution in [-0.4, -0.2) is 22.5 Å². The van der Waals surface area contributed by atoms with Gasteiger partial charge >= 0.3 is 6.01 Å². The number of ether oxygens (including phenoxy) is 2. The number of hydrogen-bond acceptors (Lipinski definition) is 5. The van der Waals surface area contributed by atoms with Gasteiger partial charge in [-0.2, -0.15) is 0 Å². The average molecular weight is 398 g/mol. The van der Waals surface area contributed by atoms with E-state index in [1.54, 1.807) is 48.5 Å². The molecule has 1 aromatic heterocycles. The summed E-state index contributed by atoms with van der Waals surface area (Å²) in [5.74, 6) is 1.05. The Bertz CT molecular complexity index is 941. The van der Waals surface area contributed by atoms with Crippen molar-refractivity contribution in [2.75, 3.05) is 11.9 Å². The number of aromatic nitrogens is 2. The highest BCUT2D eigenvalue weighted by atomic mass is 35.5. The van der Waals surface area contributed by atoms with Gasteiger partial charge in [0.2, 0.25) is 5.91 Å². The van der Waals surface area contributed by atoms with Crippen molar-refractivity contribution in [2.24, 2.45) is 0 Å². The fraction of sp³-hybridized carbons (Fsp3) is 0.190. The Balaban J connectivity index is 1.53. The fourth-order valence-electron chi connectivity index (χ4n) is 2.50. The molecule has 6 nitrogen and oxygen atoms in total. The van der Waals surface area contributed by atoms with Crippen LogP contribution >= 0.6 is 11.6 Å². The van der Waals surface area contributed by atoms with Gasteiger partial charge in [0.15, 0.2) is 0 Å². The van der Waals surface area contributed by atoms with E-state index >= 15 is 0 Å². The van der Waals surface area contributed by atoms with Crippen LogP contribution in [0.3, 0.4) is 0 Å². The van der Waals surface area contributed by atoms with Gasteiger partial charge in [-0.05, 0) is 56.3 Å². The van der Waals surface area contributed by atoms with Crippen molar-refractivity contribution >= 4 is 23.2 Å². The molecule has 0 unspecified atom stereocenters. The lowest BCUT2D eigenvalue weighted by molar-refractivity contribution is -0.116. The Morgan fingerprint density at radius 2 is 1.71 bits per heavy atom. The maximum Gasteiger partial charge on any atom is 0.322 e. The summed E-state index contributed by atoms with van der Waals surface area (Å²) in [5, 5.41) is 3.46. The Hall–Kier alpha value is -3.12. The first-order chi connectivity index (χ1) is 13.5. The van der Waals surface area contributed by atoms with Gasteiger partial charge in [0.25, 0.3) is 0 Å². The molecule has 0 radical (unpaired) electrons. The molecule has 0 atom stereocenters. The highest BCUT2D eigenvalue weighted by molar-refractivity contribution is 6.30. The highest BCUT2D eigenvalue weighted by Crippen LogP contribution is 2.22. The monoisotopic (exact) mass is 397 g/mol. The van der Waals surface area contributed by atoms with E-state index in [0.717, 1.165) is 11.4 Å². The normalized spacial score (nSPS) is 10.4. The fourth-order valence-corrected chi connectivity index (χ4v) is 2.62. The first-order valence-electron chi connectivity index (χ1n) is 8.76. The molecular formula is C21H20ClN3O3. The van der Waals surface area contributed by atoms with Crippen molar-refractivity contribution in [3.05, 3.63) is 71.0 Å². The van der Waals surface area contributed by atoms with Gasteiger partial charge in [0, 0.05) is 28.2 Å². The number of amides is 1. The highest BCUT2D eigenvalue weighted by Gasteiger charge is 2.07. The van der Waals surface area contributed by atoms with E-state index in [-0.39, 0.29) is 24.9 Å². The molecule has 2 aromatic carbocycles. The predicted octanol–water partition coefficient (Wildman–Crippen LogP) is 4.95. The zero-order valence-electron chi connectivity index (χ0n) is 15.6. The Morgan fingerprint density at radius 3 is 2.43 bits per heavy atom. The van der Waals surface area contributed by atoms with Crippen molar-refractivity contribution < 1.29 is 14.3 Å². The number of carbonyl (C=O) groups excluding carboxylic acids is 1. The number of benzene rings is 2. The summed E-state index contributed by atoms with van der Waals surface area (Å²) in [6, 6.07) is 16.2. The Labute approximate surface area is 168 Å². The van der Waals surface area contributed by atoms with E-state index in [1.165, 1.54) is 0 Å². The summed E-state index contributed by atoms with van der Waals surface area (Å²) in [6.45, 7) is 4.02. The van der Waals surface area contributed by atoms with Crippen LogP contribution in [0, 0.1) is 13.8 Å². The lowest BCUT2D eigenvalue weighted by Crippen LogP contribution is -2.15. The van der Waals surface area contributed by atoms with Crippen LogP contribution in [-0.2, 0) is 4.79 Å². The summed E-state index contributed by atoms with van der Waals surface area (Å²) in [5.41, 5.74) is 2.28. The standard InChI is InChI=1S/C21H20ClN3O3/c1-14-12-15(2)24-21(23-14)28-19-5-3-4-17(13-19)25-20(26)10-11-27-18-8-6-16(22)7-9-18/h3-9,12-13H,10-11H2,1-2H3,(H,25,26). The van der Waals surface area contributed by atoms with Gasteiger partial charge in [-0.1, -0.05) is 17.7 Å². The molecule has 0 saturated heterocycles. The average Bonchev–Trinajstić information content (AvgIpc) is 2.63. The summed E-state index contributed by atoms with van der Waals surface area (Å²) in [6.07, 6.45) is 0.216. The first kappa shape index (κ1) is 19.6. The van der Waals surface area contributed by atoms with Crippen molar-refractivity contribution in [3.63, 3.8) is 0 Å². The van der Waals surface area contributed by atoms with E-state index in [1.807, 2.05) is 19.9 Å². The molecule has 0 aliphatic carbocycles. The maximum absolute atomic E-state index is 12.1. The van der Waals surface area contributed by atoms with Crippen LogP contribution in [0.15, 0.2) is 54.6 Å². The number of nitrogens with one attached hydrogen (secondary N) is 1. The zero-order chi connectivity index (χ0) is 19.9. The molecule has 7 heteroatoms. The predicted molar refractivity (Wildman–Crippen MR) is 108 cm³/mol. The van der Waals surface area contributed by atoms with E-state index in [9.17, 15) is 4.79 Å². The van der Waals surface area contributed by atoms with E-state index in [2.05, 4.69) is 15.3 Å². The van der Waals surface area contributed by atoms with E-state index in [0.29, 0.717) is 22.2 Å². The first-order valence-corrected chi connectivity index (χ1v) is 9.14. The molecule has 144 valence electrons. The minimum Gasteiger partial charge on any atom is -0.493 e. The van der Waals surface area contributed by atoms with Crippen molar-refractivity contribution in [1.82, 2.24) is 9.97 Å². The molecular weight excluding hydrogens is 378 g/mol. The van der Waals surface area contributed by atoms with Crippen molar-refractivity contribution in [1.29, 1.82) is 0 Å². The maximum atomic E-state index is 12.1. The number of nitrogens with zero attached hydrogens (tertiary/aromatic N) is 2. The molecule has 3 rings (SSSR count). The smallest absolute Gasteiger partial charge is 0.322 e. The topological polar surface area (TPSA) is 73.3 Å². The molecule has 1 amide bonds. The SMILES string of the molecule is Cc1cc(C)nc(Oc2cccc(NC(=O)CCOc3ccc(Cl)cc3)c2)n1. The van der Waals surface area contributed by atoms with Gasteiger partial charge in [-0.3, -0.25) is 4.79 Å². The van der Waals surface area contributed by atoms with Crippen LogP contribution in [0.2, 0.25) is 5.02 Å². The largest absolute Gasteiger partial charge is 0.493 e. The lowest BCUT2D eigenvalue weighted by Gasteiger charge is -2.09. The van der Waals surface area contributed by atoms with Gasteiger partial charge in [-0.15, -0.1) is 0 Å². The zero-order valence-corrected chi connectivity index (χ0v) is 16.4. The molecule has 1 heterocycles. The molecule has 0 fully saturated rings. The third-order valence-corrected chi connectivity index (χ3v) is 3.95. The lowest BCUT2D eigenvalue weighted by atomic mass is 10.3. The number of rotatable bonds is 7. The molecule has 0 aliphatic rings. The second-order valence-corrected chi connectivity index (χ2v) is 6.60. The van der Waals surface area contributed by atoms with Crippen LogP contribution in [0.1, 0.15) is 17.8 Å². The summed E-state index contributed by atoms with van der Waals surface area (Å²) >= 11 is 5.83. The minimum absolute atomic E-state index is 0.159. The molecule has 28 heavy (non-hydrogen) atoms. The Kier molecular flexibility index (Phi) is 6.45. The second kappa shape index (κ2) is 9.19.